The summed E-state index contributed by atoms with van der Waals surface area (Å²) in [4.78, 5) is 10.9. The molecule has 1 aliphatic rings. The van der Waals surface area contributed by atoms with Crippen LogP contribution in [0.1, 0.15) is 32.6 Å². The van der Waals surface area contributed by atoms with Crippen molar-refractivity contribution in [3.63, 3.8) is 0 Å². The fraction of sp³-hybridized carbons (Fsp3) is 0.727. The predicted octanol–water partition coefficient (Wildman–Crippen LogP) is 2.70. The van der Waals surface area contributed by atoms with Crippen LogP contribution in [0.5, 0.6) is 0 Å². The van der Waals surface area contributed by atoms with Crippen molar-refractivity contribution < 1.29 is 9.90 Å². The first kappa shape index (κ1) is 10.3. The summed E-state index contributed by atoms with van der Waals surface area (Å²) >= 11 is 0. The summed E-state index contributed by atoms with van der Waals surface area (Å²) < 4.78 is 0. The Morgan fingerprint density at radius 3 is 2.85 bits per heavy atom. The number of rotatable bonds is 3. The minimum Gasteiger partial charge on any atom is -0.481 e. The van der Waals surface area contributed by atoms with E-state index in [0.717, 1.165) is 25.7 Å². The van der Waals surface area contributed by atoms with Gasteiger partial charge in [-0.2, -0.15) is 0 Å². The summed E-state index contributed by atoms with van der Waals surface area (Å²) in [6.45, 7) is 5.88. The summed E-state index contributed by atoms with van der Waals surface area (Å²) in [5.41, 5.74) is 0. The molecule has 2 nitrogen and oxygen atoms in total. The fourth-order valence-corrected chi connectivity index (χ4v) is 2.30. The highest BCUT2D eigenvalue weighted by molar-refractivity contribution is 5.70. The van der Waals surface area contributed by atoms with Crippen molar-refractivity contribution in [1.82, 2.24) is 0 Å². The molecule has 2 heteroatoms. The van der Waals surface area contributed by atoms with E-state index in [1.165, 1.54) is 0 Å². The van der Waals surface area contributed by atoms with Gasteiger partial charge in [-0.25, -0.2) is 0 Å². The maximum absolute atomic E-state index is 10.9. The molecule has 0 amide bonds. The Balaban J connectivity index is 2.59. The molecule has 3 atom stereocenters. The van der Waals surface area contributed by atoms with Gasteiger partial charge in [0, 0.05) is 0 Å². The van der Waals surface area contributed by atoms with E-state index in [1.807, 2.05) is 6.08 Å². The average Bonchev–Trinajstić information content (AvgIpc) is 2.04. The van der Waals surface area contributed by atoms with Crippen molar-refractivity contribution in [2.24, 2.45) is 17.8 Å². The molecule has 0 aromatic heterocycles. The van der Waals surface area contributed by atoms with Gasteiger partial charge in [0.1, 0.15) is 0 Å². The minimum atomic E-state index is -0.626. The van der Waals surface area contributed by atoms with Crippen molar-refractivity contribution in [1.29, 1.82) is 0 Å². The second-order valence-corrected chi connectivity index (χ2v) is 4.15. The molecule has 1 aliphatic carbocycles. The van der Waals surface area contributed by atoms with Crippen LogP contribution in [0, 0.1) is 17.8 Å². The SMILES string of the molecule is C=CCC1CC(C)CCC1C(=O)O. The molecule has 1 rings (SSSR count). The van der Waals surface area contributed by atoms with Crippen LogP contribution in [-0.4, -0.2) is 11.1 Å². The van der Waals surface area contributed by atoms with Crippen LogP contribution >= 0.6 is 0 Å². The second-order valence-electron chi connectivity index (χ2n) is 4.15. The lowest BCUT2D eigenvalue weighted by atomic mass is 9.73. The molecular formula is C11H18O2. The lowest BCUT2D eigenvalue weighted by Gasteiger charge is -2.31. The first-order valence-electron chi connectivity index (χ1n) is 4.98. The Bertz CT molecular complexity index is 198. The molecule has 0 aliphatic heterocycles. The summed E-state index contributed by atoms with van der Waals surface area (Å²) in [5.74, 6) is 0.243. The molecule has 0 spiro atoms. The molecule has 1 saturated carbocycles. The zero-order chi connectivity index (χ0) is 9.84. The van der Waals surface area contributed by atoms with Gasteiger partial charge in [-0.15, -0.1) is 6.58 Å². The van der Waals surface area contributed by atoms with Crippen LogP contribution in [0.4, 0.5) is 0 Å². The highest BCUT2D eigenvalue weighted by Crippen LogP contribution is 2.35. The van der Waals surface area contributed by atoms with Crippen molar-refractivity contribution >= 4 is 5.97 Å². The molecule has 74 valence electrons. The van der Waals surface area contributed by atoms with Gasteiger partial charge in [-0.3, -0.25) is 4.79 Å². The molecule has 0 aromatic rings. The van der Waals surface area contributed by atoms with Gasteiger partial charge in [0.05, 0.1) is 5.92 Å². The standard InChI is InChI=1S/C11H18O2/c1-3-4-9-7-8(2)5-6-10(9)11(12)13/h3,8-10H,1,4-7H2,2H3,(H,12,13). The number of allylic oxidation sites excluding steroid dienone is 1. The first-order valence-corrected chi connectivity index (χ1v) is 4.98. The molecule has 1 N–H and O–H groups in total. The lowest BCUT2D eigenvalue weighted by molar-refractivity contribution is -0.145. The fourth-order valence-electron chi connectivity index (χ4n) is 2.30. The van der Waals surface area contributed by atoms with Crippen LogP contribution < -0.4 is 0 Å². The van der Waals surface area contributed by atoms with Gasteiger partial charge >= 0.3 is 5.97 Å². The topological polar surface area (TPSA) is 37.3 Å². The molecule has 0 heterocycles. The zero-order valence-corrected chi connectivity index (χ0v) is 8.20. The Labute approximate surface area is 79.6 Å². The molecule has 13 heavy (non-hydrogen) atoms. The van der Waals surface area contributed by atoms with E-state index in [0.29, 0.717) is 11.8 Å². The molecule has 0 aromatic carbocycles. The highest BCUT2D eigenvalue weighted by atomic mass is 16.4. The third-order valence-corrected chi connectivity index (χ3v) is 3.03. The van der Waals surface area contributed by atoms with Crippen LogP contribution in [0.15, 0.2) is 12.7 Å². The van der Waals surface area contributed by atoms with E-state index in [9.17, 15) is 4.79 Å². The van der Waals surface area contributed by atoms with Gasteiger partial charge in [0.15, 0.2) is 0 Å². The van der Waals surface area contributed by atoms with E-state index in [2.05, 4.69) is 13.5 Å². The van der Waals surface area contributed by atoms with Gasteiger partial charge in [0.25, 0.3) is 0 Å². The number of carbonyl (C=O) groups is 1. The second kappa shape index (κ2) is 4.45. The Morgan fingerprint density at radius 2 is 2.31 bits per heavy atom. The maximum Gasteiger partial charge on any atom is 0.306 e. The monoisotopic (exact) mass is 182 g/mol. The van der Waals surface area contributed by atoms with Crippen LogP contribution in [0.25, 0.3) is 0 Å². The quantitative estimate of drug-likeness (QED) is 0.681. The molecular weight excluding hydrogens is 164 g/mol. The minimum absolute atomic E-state index is 0.130. The zero-order valence-electron chi connectivity index (χ0n) is 8.20. The molecule has 3 unspecified atom stereocenters. The van der Waals surface area contributed by atoms with Gasteiger partial charge < -0.3 is 5.11 Å². The summed E-state index contributed by atoms with van der Waals surface area (Å²) in [6, 6.07) is 0. The summed E-state index contributed by atoms with van der Waals surface area (Å²) in [5, 5.41) is 8.99. The number of hydrogen-bond acceptors (Lipinski definition) is 1. The van der Waals surface area contributed by atoms with E-state index < -0.39 is 5.97 Å². The molecule has 0 radical (unpaired) electrons. The highest BCUT2D eigenvalue weighted by Gasteiger charge is 2.32. The number of aliphatic carboxylic acids is 1. The molecule has 1 fully saturated rings. The van der Waals surface area contributed by atoms with Gasteiger partial charge in [0.2, 0.25) is 0 Å². The summed E-state index contributed by atoms with van der Waals surface area (Å²) in [7, 11) is 0. The van der Waals surface area contributed by atoms with Crippen molar-refractivity contribution in [2.45, 2.75) is 32.6 Å². The van der Waals surface area contributed by atoms with E-state index in [1.54, 1.807) is 0 Å². The Hall–Kier alpha value is -0.790. The van der Waals surface area contributed by atoms with E-state index in [-0.39, 0.29) is 5.92 Å². The molecule has 0 saturated heterocycles. The van der Waals surface area contributed by atoms with Crippen molar-refractivity contribution in [2.75, 3.05) is 0 Å². The number of carboxylic acids is 1. The number of carboxylic acid groups (broad SMARTS) is 1. The normalized spacial score (nSPS) is 34.1. The lowest BCUT2D eigenvalue weighted by Crippen LogP contribution is -2.29. The van der Waals surface area contributed by atoms with Gasteiger partial charge in [-0.1, -0.05) is 13.0 Å². The summed E-state index contributed by atoms with van der Waals surface area (Å²) in [6.07, 6.45) is 5.64. The van der Waals surface area contributed by atoms with E-state index >= 15 is 0 Å². The van der Waals surface area contributed by atoms with Gasteiger partial charge in [-0.05, 0) is 37.5 Å². The van der Waals surface area contributed by atoms with Crippen molar-refractivity contribution in [3.05, 3.63) is 12.7 Å². The van der Waals surface area contributed by atoms with E-state index in [4.69, 9.17) is 5.11 Å². The largest absolute Gasteiger partial charge is 0.481 e. The number of hydrogen-bond donors (Lipinski definition) is 1. The molecule has 0 bridgehead atoms. The maximum atomic E-state index is 10.9. The smallest absolute Gasteiger partial charge is 0.306 e. The predicted molar refractivity (Wildman–Crippen MR) is 52.4 cm³/mol. The Kier molecular flexibility index (Phi) is 3.52. The van der Waals surface area contributed by atoms with Crippen LogP contribution in [0.2, 0.25) is 0 Å². The average molecular weight is 182 g/mol. The van der Waals surface area contributed by atoms with Crippen molar-refractivity contribution in [3.8, 4) is 0 Å². The first-order chi connectivity index (χ1) is 6.15. The van der Waals surface area contributed by atoms with Crippen LogP contribution in [-0.2, 0) is 4.79 Å². The van der Waals surface area contributed by atoms with Crippen LogP contribution in [0.3, 0.4) is 0 Å². The third-order valence-electron chi connectivity index (χ3n) is 3.03. The Morgan fingerprint density at radius 1 is 1.62 bits per heavy atom. The third kappa shape index (κ3) is 2.58.